The SMILES string of the molecule is C[C@@H](NC(=O)[C@H]1CCCN1C)c1ccccc1. The first kappa shape index (κ1) is 12.1. The van der Waals surface area contributed by atoms with Crippen molar-refractivity contribution in [3.63, 3.8) is 0 Å². The van der Waals surface area contributed by atoms with Crippen molar-refractivity contribution in [2.75, 3.05) is 13.6 Å². The van der Waals surface area contributed by atoms with Gasteiger partial charge in [0.25, 0.3) is 0 Å². The summed E-state index contributed by atoms with van der Waals surface area (Å²) in [5, 5.41) is 3.09. The van der Waals surface area contributed by atoms with Crippen molar-refractivity contribution >= 4 is 5.91 Å². The van der Waals surface area contributed by atoms with Gasteiger partial charge >= 0.3 is 0 Å². The monoisotopic (exact) mass is 232 g/mol. The molecule has 0 aromatic heterocycles. The Morgan fingerprint density at radius 1 is 1.41 bits per heavy atom. The molecule has 92 valence electrons. The van der Waals surface area contributed by atoms with Crippen LogP contribution in [0.2, 0.25) is 0 Å². The standard InChI is InChI=1S/C14H20N2O/c1-11(12-7-4-3-5-8-12)15-14(17)13-9-6-10-16(13)2/h3-5,7-8,11,13H,6,9-10H2,1-2H3,(H,15,17)/t11-,13-/m1/s1. The van der Waals surface area contributed by atoms with Gasteiger partial charge in [-0.15, -0.1) is 0 Å². The molecule has 2 rings (SSSR count). The van der Waals surface area contributed by atoms with Crippen LogP contribution in [0.4, 0.5) is 0 Å². The maximum absolute atomic E-state index is 12.1. The highest BCUT2D eigenvalue weighted by Gasteiger charge is 2.28. The molecule has 1 aliphatic rings. The van der Waals surface area contributed by atoms with Crippen molar-refractivity contribution in [3.8, 4) is 0 Å². The fourth-order valence-electron chi connectivity index (χ4n) is 2.38. The van der Waals surface area contributed by atoms with E-state index in [1.807, 2.05) is 44.3 Å². The molecule has 1 aromatic rings. The summed E-state index contributed by atoms with van der Waals surface area (Å²) < 4.78 is 0. The molecule has 0 radical (unpaired) electrons. The van der Waals surface area contributed by atoms with Gasteiger partial charge in [-0.05, 0) is 38.9 Å². The first-order valence-electron chi connectivity index (χ1n) is 6.24. The van der Waals surface area contributed by atoms with Gasteiger partial charge in [-0.3, -0.25) is 9.69 Å². The molecule has 2 atom stereocenters. The number of benzene rings is 1. The summed E-state index contributed by atoms with van der Waals surface area (Å²) in [6.45, 7) is 3.06. The zero-order valence-electron chi connectivity index (χ0n) is 10.5. The van der Waals surface area contributed by atoms with Crippen molar-refractivity contribution in [3.05, 3.63) is 35.9 Å². The first-order valence-corrected chi connectivity index (χ1v) is 6.24. The zero-order chi connectivity index (χ0) is 12.3. The normalized spacial score (nSPS) is 22.4. The Morgan fingerprint density at radius 2 is 2.12 bits per heavy atom. The van der Waals surface area contributed by atoms with Crippen molar-refractivity contribution in [2.24, 2.45) is 0 Å². The lowest BCUT2D eigenvalue weighted by molar-refractivity contribution is -0.125. The fourth-order valence-corrected chi connectivity index (χ4v) is 2.38. The van der Waals surface area contributed by atoms with Gasteiger partial charge in [0.2, 0.25) is 5.91 Å². The van der Waals surface area contributed by atoms with E-state index in [9.17, 15) is 4.79 Å². The smallest absolute Gasteiger partial charge is 0.237 e. The van der Waals surface area contributed by atoms with Crippen LogP contribution in [0.3, 0.4) is 0 Å². The molecule has 0 aliphatic carbocycles. The highest BCUT2D eigenvalue weighted by Crippen LogP contribution is 2.17. The van der Waals surface area contributed by atoms with E-state index >= 15 is 0 Å². The topological polar surface area (TPSA) is 32.3 Å². The Morgan fingerprint density at radius 3 is 2.71 bits per heavy atom. The molecule has 1 N–H and O–H groups in total. The molecule has 0 spiro atoms. The van der Waals surface area contributed by atoms with E-state index in [2.05, 4.69) is 10.2 Å². The van der Waals surface area contributed by atoms with Crippen molar-refractivity contribution < 1.29 is 4.79 Å². The molecule has 1 fully saturated rings. The quantitative estimate of drug-likeness (QED) is 0.864. The van der Waals surface area contributed by atoms with Gasteiger partial charge in [0.05, 0.1) is 12.1 Å². The molecule has 3 nitrogen and oxygen atoms in total. The summed E-state index contributed by atoms with van der Waals surface area (Å²) in [6.07, 6.45) is 2.10. The van der Waals surface area contributed by atoms with Crippen LogP contribution in [0, 0.1) is 0 Å². The van der Waals surface area contributed by atoms with Gasteiger partial charge in [0.1, 0.15) is 0 Å². The van der Waals surface area contributed by atoms with Crippen molar-refractivity contribution in [1.29, 1.82) is 0 Å². The van der Waals surface area contributed by atoms with E-state index in [1.165, 1.54) is 0 Å². The predicted molar refractivity (Wildman–Crippen MR) is 68.7 cm³/mol. The lowest BCUT2D eigenvalue weighted by Crippen LogP contribution is -2.42. The largest absolute Gasteiger partial charge is 0.348 e. The lowest BCUT2D eigenvalue weighted by Gasteiger charge is -2.22. The highest BCUT2D eigenvalue weighted by molar-refractivity contribution is 5.82. The van der Waals surface area contributed by atoms with Gasteiger partial charge in [-0.2, -0.15) is 0 Å². The van der Waals surface area contributed by atoms with Crippen LogP contribution in [0.25, 0.3) is 0 Å². The van der Waals surface area contributed by atoms with Crippen LogP contribution in [-0.4, -0.2) is 30.4 Å². The van der Waals surface area contributed by atoms with Gasteiger partial charge in [0.15, 0.2) is 0 Å². The second-order valence-electron chi connectivity index (χ2n) is 4.78. The molecule has 1 saturated heterocycles. The number of amides is 1. The number of carbonyl (C=O) groups is 1. The van der Waals surface area contributed by atoms with Crippen LogP contribution in [0.15, 0.2) is 30.3 Å². The number of likely N-dealkylation sites (N-methyl/N-ethyl adjacent to an activating group) is 1. The molecule has 1 aromatic carbocycles. The third-order valence-corrected chi connectivity index (χ3v) is 3.48. The van der Waals surface area contributed by atoms with Crippen molar-refractivity contribution in [2.45, 2.75) is 31.8 Å². The maximum Gasteiger partial charge on any atom is 0.237 e. The molecular formula is C14H20N2O. The fraction of sp³-hybridized carbons (Fsp3) is 0.500. The average molecular weight is 232 g/mol. The molecule has 3 heteroatoms. The van der Waals surface area contributed by atoms with Gasteiger partial charge < -0.3 is 5.32 Å². The molecule has 0 unspecified atom stereocenters. The minimum Gasteiger partial charge on any atom is -0.348 e. The molecule has 0 bridgehead atoms. The van der Waals surface area contributed by atoms with E-state index in [0.717, 1.165) is 24.9 Å². The number of carbonyl (C=O) groups excluding carboxylic acids is 1. The Labute approximate surface area is 103 Å². The van der Waals surface area contributed by atoms with E-state index < -0.39 is 0 Å². The van der Waals surface area contributed by atoms with E-state index in [4.69, 9.17) is 0 Å². The third-order valence-electron chi connectivity index (χ3n) is 3.48. The third kappa shape index (κ3) is 2.86. The van der Waals surface area contributed by atoms with Crippen LogP contribution in [0.5, 0.6) is 0 Å². The molecule has 1 aliphatic heterocycles. The number of nitrogens with one attached hydrogen (secondary N) is 1. The average Bonchev–Trinajstić information content (AvgIpc) is 2.76. The molecule has 1 amide bonds. The lowest BCUT2D eigenvalue weighted by atomic mass is 10.1. The molecular weight excluding hydrogens is 212 g/mol. The summed E-state index contributed by atoms with van der Waals surface area (Å²) >= 11 is 0. The van der Waals surface area contributed by atoms with Crippen LogP contribution in [0.1, 0.15) is 31.4 Å². The van der Waals surface area contributed by atoms with Crippen LogP contribution >= 0.6 is 0 Å². The second-order valence-corrected chi connectivity index (χ2v) is 4.78. The van der Waals surface area contributed by atoms with Gasteiger partial charge in [-0.25, -0.2) is 0 Å². The minimum absolute atomic E-state index is 0.0566. The van der Waals surface area contributed by atoms with Gasteiger partial charge in [-0.1, -0.05) is 30.3 Å². The maximum atomic E-state index is 12.1. The number of likely N-dealkylation sites (tertiary alicyclic amines) is 1. The summed E-state index contributed by atoms with van der Waals surface area (Å²) in [7, 11) is 2.02. The first-order chi connectivity index (χ1) is 8.18. The molecule has 17 heavy (non-hydrogen) atoms. The van der Waals surface area contributed by atoms with E-state index in [1.54, 1.807) is 0 Å². The highest BCUT2D eigenvalue weighted by atomic mass is 16.2. The Kier molecular flexibility index (Phi) is 3.79. The summed E-state index contributed by atoms with van der Waals surface area (Å²) in [6, 6.07) is 10.2. The number of hydrogen-bond donors (Lipinski definition) is 1. The molecule has 1 heterocycles. The Hall–Kier alpha value is -1.35. The van der Waals surface area contributed by atoms with Crippen LogP contribution < -0.4 is 5.32 Å². The number of rotatable bonds is 3. The van der Waals surface area contributed by atoms with Gasteiger partial charge in [0, 0.05) is 0 Å². The summed E-state index contributed by atoms with van der Waals surface area (Å²) in [5.41, 5.74) is 1.15. The van der Waals surface area contributed by atoms with Crippen LogP contribution in [-0.2, 0) is 4.79 Å². The van der Waals surface area contributed by atoms with E-state index in [0.29, 0.717) is 0 Å². The zero-order valence-corrected chi connectivity index (χ0v) is 10.5. The number of nitrogens with zero attached hydrogens (tertiary/aromatic N) is 1. The Balaban J connectivity index is 1.95. The van der Waals surface area contributed by atoms with Crippen molar-refractivity contribution in [1.82, 2.24) is 10.2 Å². The predicted octanol–water partition coefficient (Wildman–Crippen LogP) is 1.96. The summed E-state index contributed by atoms with van der Waals surface area (Å²) in [5.74, 6) is 0.154. The Bertz CT molecular complexity index is 377. The number of hydrogen-bond acceptors (Lipinski definition) is 2. The van der Waals surface area contributed by atoms with E-state index in [-0.39, 0.29) is 18.0 Å². The minimum atomic E-state index is 0.0566. The second kappa shape index (κ2) is 5.32. The molecule has 0 saturated carbocycles. The summed E-state index contributed by atoms with van der Waals surface area (Å²) in [4.78, 5) is 14.2.